The number of aliphatic hydroxyl groups is 1. The average molecular weight is 407 g/mol. The first kappa shape index (κ1) is 21.8. The molecule has 0 aliphatic carbocycles. The molecule has 154 valence electrons. The highest BCUT2D eigenvalue weighted by Crippen LogP contribution is 2.41. The van der Waals surface area contributed by atoms with Crippen LogP contribution in [-0.4, -0.2) is 25.1 Å². The van der Waals surface area contributed by atoms with E-state index in [4.69, 9.17) is 4.43 Å². The Morgan fingerprint density at radius 3 is 1.90 bits per heavy atom. The second kappa shape index (κ2) is 8.43. The number of rotatable bonds is 5. The van der Waals surface area contributed by atoms with Crippen molar-refractivity contribution < 1.29 is 9.53 Å². The van der Waals surface area contributed by atoms with Gasteiger partial charge in [0.2, 0.25) is 0 Å². The smallest absolute Gasteiger partial charge is 0.284 e. The van der Waals surface area contributed by atoms with Gasteiger partial charge in [-0.25, -0.2) is 0 Å². The van der Waals surface area contributed by atoms with E-state index in [0.29, 0.717) is 0 Å². The zero-order chi connectivity index (χ0) is 21.2. The van der Waals surface area contributed by atoms with Crippen molar-refractivity contribution in [2.75, 3.05) is 0 Å². The maximum atomic E-state index is 11.3. The van der Waals surface area contributed by atoms with Crippen molar-refractivity contribution in [1.29, 1.82) is 0 Å². The van der Waals surface area contributed by atoms with E-state index < -0.39 is 14.4 Å². The fourth-order valence-corrected chi connectivity index (χ4v) is 9.64. The van der Waals surface area contributed by atoms with Gasteiger partial charge in [0.25, 0.3) is 8.32 Å². The van der Waals surface area contributed by atoms with Crippen LogP contribution in [0.25, 0.3) is 0 Å². The minimum atomic E-state index is -2.66. The van der Waals surface area contributed by atoms with Crippen LogP contribution in [0.2, 0.25) is 0 Å². The number of hydrogen-bond donors (Lipinski definition) is 1. The van der Waals surface area contributed by atoms with Crippen LogP contribution >= 0.6 is 0 Å². The third kappa shape index (κ3) is 4.32. The predicted octanol–water partition coefficient (Wildman–Crippen LogP) is 4.76. The maximum Gasteiger partial charge on any atom is 0.284 e. The molecule has 1 N–H and O–H groups in total. The largest absolute Gasteiger partial charge is 0.399 e. The summed E-state index contributed by atoms with van der Waals surface area (Å²) in [4.78, 5) is 0. The summed E-state index contributed by atoms with van der Waals surface area (Å²) in [6, 6.07) is 21.3. The number of hydrogen-bond acceptors (Lipinski definition) is 2. The van der Waals surface area contributed by atoms with E-state index in [0.717, 1.165) is 12.0 Å². The lowest BCUT2D eigenvalue weighted by atomic mass is 9.94. The van der Waals surface area contributed by atoms with E-state index in [9.17, 15) is 5.11 Å². The summed E-state index contributed by atoms with van der Waals surface area (Å²) in [7, 11) is -2.66. The summed E-state index contributed by atoms with van der Waals surface area (Å²) >= 11 is 0. The Balaban J connectivity index is 2.26. The van der Waals surface area contributed by atoms with E-state index in [1.165, 1.54) is 21.1 Å². The monoisotopic (exact) mass is 406 g/mol. The van der Waals surface area contributed by atoms with Crippen molar-refractivity contribution in [2.24, 2.45) is 5.92 Å². The lowest BCUT2D eigenvalue weighted by Crippen LogP contribution is -2.61. The lowest BCUT2D eigenvalue weighted by Gasteiger charge is -2.33. The van der Waals surface area contributed by atoms with Crippen molar-refractivity contribution in [3.8, 4) is 0 Å². The van der Waals surface area contributed by atoms with E-state index >= 15 is 0 Å². The molecule has 0 spiro atoms. The normalized spacial score (nSPS) is 21.3. The van der Waals surface area contributed by atoms with Gasteiger partial charge in [0.1, 0.15) is 0 Å². The molecule has 3 heteroatoms. The van der Waals surface area contributed by atoms with E-state index in [-0.39, 0.29) is 11.5 Å². The third-order valence-electron chi connectivity index (χ3n) is 5.83. The molecule has 0 aromatic heterocycles. The molecule has 1 aliphatic heterocycles. The highest BCUT2D eigenvalue weighted by atomic mass is 28.4. The number of allylic oxidation sites excluding steroid dienone is 1. The first-order valence-electron chi connectivity index (χ1n) is 10.5. The van der Waals surface area contributed by atoms with Crippen LogP contribution < -0.4 is 10.4 Å². The molecule has 3 rings (SSSR count). The van der Waals surface area contributed by atoms with Gasteiger partial charge in [-0.05, 0) is 62.2 Å². The van der Waals surface area contributed by atoms with Gasteiger partial charge < -0.3 is 9.53 Å². The van der Waals surface area contributed by atoms with E-state index in [1.807, 2.05) is 0 Å². The van der Waals surface area contributed by atoms with Gasteiger partial charge in [-0.15, -0.1) is 0 Å². The summed E-state index contributed by atoms with van der Waals surface area (Å²) in [5, 5.41) is 15.1. The summed E-state index contributed by atoms with van der Waals surface area (Å²) in [6.45, 7) is 12.7. The highest BCUT2D eigenvalue weighted by Gasteiger charge is 2.54. The molecule has 1 aliphatic rings. The highest BCUT2D eigenvalue weighted by molar-refractivity contribution is 7.03. The number of benzene rings is 2. The Morgan fingerprint density at radius 1 is 0.966 bits per heavy atom. The second-order valence-electron chi connectivity index (χ2n) is 9.16. The van der Waals surface area contributed by atoms with Crippen molar-refractivity contribution in [1.82, 2.24) is 0 Å². The SMILES string of the molecule is CC(C)=C[C@H](C)[C@H](O)/C(C)=C1/CC(C)(C)O[Si]1(c1ccccc1)c1ccccc1. The summed E-state index contributed by atoms with van der Waals surface area (Å²) < 4.78 is 7.01. The topological polar surface area (TPSA) is 29.5 Å². The van der Waals surface area contributed by atoms with Crippen molar-refractivity contribution in [3.63, 3.8) is 0 Å². The molecule has 0 radical (unpaired) electrons. The molecular weight excluding hydrogens is 372 g/mol. The predicted molar refractivity (Wildman–Crippen MR) is 125 cm³/mol. The van der Waals surface area contributed by atoms with Crippen LogP contribution in [0.3, 0.4) is 0 Å². The standard InChI is InChI=1S/C26H34O2Si/c1-19(2)17-20(3)25(27)21(4)24-18-26(5,6)28-29(24,22-13-9-7-10-14-22)23-15-11-8-12-16-23/h7-17,20,25,27H,18H2,1-6H3/b24-21-/t20-,25-/m0/s1. The molecule has 0 amide bonds. The van der Waals surface area contributed by atoms with E-state index in [1.54, 1.807) is 0 Å². The fourth-order valence-electron chi connectivity index (χ4n) is 4.65. The second-order valence-corrected chi connectivity index (χ2v) is 12.5. The van der Waals surface area contributed by atoms with Gasteiger partial charge in [-0.1, -0.05) is 79.2 Å². The Hall–Kier alpha value is -1.94. The van der Waals surface area contributed by atoms with Crippen LogP contribution in [0.4, 0.5) is 0 Å². The van der Waals surface area contributed by atoms with Crippen LogP contribution in [0, 0.1) is 5.92 Å². The molecule has 2 atom stereocenters. The Kier molecular flexibility index (Phi) is 6.32. The first-order chi connectivity index (χ1) is 13.7. The minimum Gasteiger partial charge on any atom is -0.399 e. The fraction of sp³-hybridized carbons (Fsp3) is 0.385. The Morgan fingerprint density at radius 2 is 1.45 bits per heavy atom. The molecule has 1 saturated heterocycles. The molecule has 2 aromatic carbocycles. The molecule has 29 heavy (non-hydrogen) atoms. The molecule has 1 fully saturated rings. The van der Waals surface area contributed by atoms with Gasteiger partial charge in [-0.2, -0.15) is 0 Å². The van der Waals surface area contributed by atoms with Crippen molar-refractivity contribution >= 4 is 18.7 Å². The molecule has 0 bridgehead atoms. The quantitative estimate of drug-likeness (QED) is 0.573. The molecule has 2 aromatic rings. The van der Waals surface area contributed by atoms with Crippen molar-refractivity contribution in [3.05, 3.63) is 83.1 Å². The zero-order valence-corrected chi connectivity index (χ0v) is 19.6. The van der Waals surface area contributed by atoms with Crippen LogP contribution in [0.15, 0.2) is 83.1 Å². The minimum absolute atomic E-state index is 0.0643. The van der Waals surface area contributed by atoms with Gasteiger partial charge in [0.05, 0.1) is 11.7 Å². The lowest BCUT2D eigenvalue weighted by molar-refractivity contribution is 0.133. The van der Waals surface area contributed by atoms with Gasteiger partial charge in [-0.3, -0.25) is 0 Å². The molecular formula is C26H34O2Si. The van der Waals surface area contributed by atoms with Crippen molar-refractivity contribution in [2.45, 2.75) is 59.7 Å². The van der Waals surface area contributed by atoms with Gasteiger partial charge in [0, 0.05) is 5.92 Å². The van der Waals surface area contributed by atoms with Crippen LogP contribution in [0.1, 0.15) is 48.0 Å². The van der Waals surface area contributed by atoms with Gasteiger partial charge in [0.15, 0.2) is 0 Å². The van der Waals surface area contributed by atoms with E-state index in [2.05, 4.69) is 108 Å². The van der Waals surface area contributed by atoms with Crippen LogP contribution in [-0.2, 0) is 4.43 Å². The molecule has 0 unspecified atom stereocenters. The summed E-state index contributed by atoms with van der Waals surface area (Å²) in [5.74, 6) is 0.0643. The number of aliphatic hydroxyl groups excluding tert-OH is 1. The third-order valence-corrected chi connectivity index (χ3v) is 10.4. The Labute approximate surface area is 177 Å². The van der Waals surface area contributed by atoms with Gasteiger partial charge >= 0.3 is 0 Å². The maximum absolute atomic E-state index is 11.3. The molecule has 0 saturated carbocycles. The summed E-state index contributed by atoms with van der Waals surface area (Å²) in [5.41, 5.74) is 2.03. The average Bonchev–Trinajstić information content (AvgIpc) is 3.00. The Bertz CT molecular complexity index is 853. The zero-order valence-electron chi connectivity index (χ0n) is 18.6. The molecule has 1 heterocycles. The molecule has 2 nitrogen and oxygen atoms in total. The first-order valence-corrected chi connectivity index (χ1v) is 12.4. The summed E-state index contributed by atoms with van der Waals surface area (Å²) in [6.07, 6.45) is 2.48. The van der Waals surface area contributed by atoms with Crippen LogP contribution in [0.5, 0.6) is 0 Å².